The van der Waals surface area contributed by atoms with Gasteiger partial charge in [0.05, 0.1) is 5.69 Å². The Balaban J connectivity index is 2.95. The van der Waals surface area contributed by atoms with E-state index in [4.69, 9.17) is 9.84 Å². The number of nitrogens with one attached hydrogen (secondary N) is 1. The SMILES string of the molecule is CCc1nn(CCCCOC)c(CC)c1C(CC)NC. The molecule has 1 aromatic heterocycles. The van der Waals surface area contributed by atoms with Gasteiger partial charge >= 0.3 is 0 Å². The summed E-state index contributed by atoms with van der Waals surface area (Å²) in [4.78, 5) is 0. The predicted molar refractivity (Wildman–Crippen MR) is 84.2 cm³/mol. The second-order valence-electron chi connectivity index (χ2n) is 5.19. The summed E-state index contributed by atoms with van der Waals surface area (Å²) in [5.74, 6) is 0. The van der Waals surface area contributed by atoms with Crippen LogP contribution < -0.4 is 5.32 Å². The van der Waals surface area contributed by atoms with Crippen molar-refractivity contribution in [2.45, 2.75) is 65.5 Å². The number of ether oxygens (including phenoxy) is 1. The van der Waals surface area contributed by atoms with E-state index in [1.165, 1.54) is 17.0 Å². The third-order valence-corrected chi connectivity index (χ3v) is 3.92. The van der Waals surface area contributed by atoms with E-state index in [9.17, 15) is 0 Å². The van der Waals surface area contributed by atoms with Gasteiger partial charge in [0, 0.05) is 37.6 Å². The van der Waals surface area contributed by atoms with Crippen LogP contribution in [0.3, 0.4) is 0 Å². The smallest absolute Gasteiger partial charge is 0.0672 e. The van der Waals surface area contributed by atoms with E-state index in [0.29, 0.717) is 6.04 Å². The molecule has 0 bridgehead atoms. The minimum atomic E-state index is 0.424. The van der Waals surface area contributed by atoms with Crippen LogP contribution in [0, 0.1) is 0 Å². The molecule has 20 heavy (non-hydrogen) atoms. The Labute approximate surface area is 123 Å². The lowest BCUT2D eigenvalue weighted by molar-refractivity contribution is 0.190. The highest BCUT2D eigenvalue weighted by atomic mass is 16.5. The number of rotatable bonds is 10. The Hall–Kier alpha value is -0.870. The molecule has 0 aliphatic heterocycles. The van der Waals surface area contributed by atoms with Gasteiger partial charge in [-0.1, -0.05) is 20.8 Å². The van der Waals surface area contributed by atoms with Gasteiger partial charge in [0.2, 0.25) is 0 Å². The van der Waals surface area contributed by atoms with E-state index >= 15 is 0 Å². The molecule has 1 heterocycles. The molecule has 1 N–H and O–H groups in total. The molecule has 116 valence electrons. The van der Waals surface area contributed by atoms with Gasteiger partial charge in [-0.15, -0.1) is 0 Å². The fourth-order valence-corrected chi connectivity index (χ4v) is 2.85. The molecule has 4 heteroatoms. The van der Waals surface area contributed by atoms with Crippen LogP contribution in [-0.4, -0.2) is 30.5 Å². The maximum Gasteiger partial charge on any atom is 0.0672 e. The van der Waals surface area contributed by atoms with Gasteiger partial charge in [0.25, 0.3) is 0 Å². The minimum Gasteiger partial charge on any atom is -0.385 e. The van der Waals surface area contributed by atoms with E-state index in [1.807, 2.05) is 7.05 Å². The van der Waals surface area contributed by atoms with Crippen LogP contribution in [0.25, 0.3) is 0 Å². The van der Waals surface area contributed by atoms with E-state index in [2.05, 4.69) is 30.8 Å². The lowest BCUT2D eigenvalue weighted by atomic mass is 9.99. The summed E-state index contributed by atoms with van der Waals surface area (Å²) < 4.78 is 7.35. The largest absolute Gasteiger partial charge is 0.385 e. The Morgan fingerprint density at radius 2 is 1.95 bits per heavy atom. The number of nitrogens with zero attached hydrogens (tertiary/aromatic N) is 2. The Morgan fingerprint density at radius 1 is 1.20 bits per heavy atom. The van der Waals surface area contributed by atoms with Gasteiger partial charge in [-0.2, -0.15) is 5.10 Å². The zero-order valence-electron chi connectivity index (χ0n) is 13.8. The van der Waals surface area contributed by atoms with Gasteiger partial charge < -0.3 is 10.1 Å². The highest BCUT2D eigenvalue weighted by molar-refractivity contribution is 5.30. The van der Waals surface area contributed by atoms with Crippen molar-refractivity contribution >= 4 is 0 Å². The minimum absolute atomic E-state index is 0.424. The fourth-order valence-electron chi connectivity index (χ4n) is 2.85. The van der Waals surface area contributed by atoms with Crippen molar-refractivity contribution in [2.24, 2.45) is 0 Å². The highest BCUT2D eigenvalue weighted by Gasteiger charge is 2.21. The fraction of sp³-hybridized carbons (Fsp3) is 0.812. The number of hydrogen-bond donors (Lipinski definition) is 1. The van der Waals surface area contributed by atoms with Crippen LogP contribution in [0.2, 0.25) is 0 Å². The summed E-state index contributed by atoms with van der Waals surface area (Å²) in [6.45, 7) is 8.50. The zero-order chi connectivity index (χ0) is 15.0. The molecule has 0 saturated carbocycles. The van der Waals surface area contributed by atoms with Gasteiger partial charge in [-0.05, 0) is 39.2 Å². The van der Waals surface area contributed by atoms with Gasteiger partial charge in [0.1, 0.15) is 0 Å². The first-order valence-corrected chi connectivity index (χ1v) is 7.97. The summed E-state index contributed by atoms with van der Waals surface area (Å²) in [7, 11) is 3.81. The lowest BCUT2D eigenvalue weighted by Crippen LogP contribution is -2.18. The van der Waals surface area contributed by atoms with Crippen LogP contribution in [-0.2, 0) is 24.1 Å². The normalized spacial score (nSPS) is 12.8. The third-order valence-electron chi connectivity index (χ3n) is 3.92. The molecule has 0 aliphatic carbocycles. The Bertz CT molecular complexity index is 383. The van der Waals surface area contributed by atoms with Gasteiger partial charge in [-0.25, -0.2) is 0 Å². The number of hydrogen-bond acceptors (Lipinski definition) is 3. The van der Waals surface area contributed by atoms with Crippen molar-refractivity contribution in [3.8, 4) is 0 Å². The maximum atomic E-state index is 5.12. The van der Waals surface area contributed by atoms with Crippen molar-refractivity contribution < 1.29 is 4.74 Å². The van der Waals surface area contributed by atoms with Crippen LogP contribution in [0.1, 0.15) is 63.0 Å². The molecular formula is C16H31N3O. The summed E-state index contributed by atoms with van der Waals surface area (Å²) in [6.07, 6.45) is 5.38. The van der Waals surface area contributed by atoms with Crippen LogP contribution >= 0.6 is 0 Å². The molecule has 1 unspecified atom stereocenters. The molecule has 0 aliphatic rings. The average Bonchev–Trinajstić information content (AvgIpc) is 2.83. The molecular weight excluding hydrogens is 250 g/mol. The molecule has 4 nitrogen and oxygen atoms in total. The Morgan fingerprint density at radius 3 is 2.45 bits per heavy atom. The van der Waals surface area contributed by atoms with E-state index in [0.717, 1.165) is 45.3 Å². The molecule has 0 fully saturated rings. The molecule has 1 aromatic rings. The molecule has 0 aromatic carbocycles. The number of methoxy groups -OCH3 is 1. The molecule has 0 spiro atoms. The molecule has 1 rings (SSSR count). The predicted octanol–water partition coefficient (Wildman–Crippen LogP) is 3.11. The zero-order valence-corrected chi connectivity index (χ0v) is 13.8. The van der Waals surface area contributed by atoms with Crippen molar-refractivity contribution in [3.05, 3.63) is 17.0 Å². The third kappa shape index (κ3) is 4.06. The standard InChI is InChI=1S/C16H31N3O/c1-6-13(17-4)16-14(7-2)18-19(15(16)8-3)11-9-10-12-20-5/h13,17H,6-12H2,1-5H3. The monoisotopic (exact) mass is 281 g/mol. The molecule has 1 atom stereocenters. The van der Waals surface area contributed by atoms with E-state index < -0.39 is 0 Å². The number of aromatic nitrogens is 2. The Kier molecular flexibility index (Phi) is 7.85. The van der Waals surface area contributed by atoms with E-state index in [1.54, 1.807) is 7.11 Å². The molecule has 0 saturated heterocycles. The number of aryl methyl sites for hydroxylation is 2. The van der Waals surface area contributed by atoms with Crippen molar-refractivity contribution in [1.29, 1.82) is 0 Å². The molecule has 0 amide bonds. The maximum absolute atomic E-state index is 5.12. The second kappa shape index (κ2) is 9.14. The van der Waals surface area contributed by atoms with Crippen molar-refractivity contribution in [3.63, 3.8) is 0 Å². The first-order valence-electron chi connectivity index (χ1n) is 7.97. The van der Waals surface area contributed by atoms with Gasteiger partial charge in [0.15, 0.2) is 0 Å². The summed E-state index contributed by atoms with van der Waals surface area (Å²) in [6, 6.07) is 0.424. The summed E-state index contributed by atoms with van der Waals surface area (Å²) in [5.41, 5.74) is 4.10. The highest BCUT2D eigenvalue weighted by Crippen LogP contribution is 2.26. The second-order valence-corrected chi connectivity index (χ2v) is 5.19. The first kappa shape index (κ1) is 17.2. The van der Waals surface area contributed by atoms with Gasteiger partial charge in [-0.3, -0.25) is 4.68 Å². The van der Waals surface area contributed by atoms with Crippen molar-refractivity contribution in [2.75, 3.05) is 20.8 Å². The first-order chi connectivity index (χ1) is 9.73. The molecule has 0 radical (unpaired) electrons. The van der Waals surface area contributed by atoms with Crippen LogP contribution in [0.5, 0.6) is 0 Å². The van der Waals surface area contributed by atoms with Crippen LogP contribution in [0.4, 0.5) is 0 Å². The lowest BCUT2D eigenvalue weighted by Gasteiger charge is -2.16. The van der Waals surface area contributed by atoms with Crippen LogP contribution in [0.15, 0.2) is 0 Å². The summed E-state index contributed by atoms with van der Waals surface area (Å²) in [5, 5.41) is 8.28. The number of unbranched alkanes of at least 4 members (excludes halogenated alkanes) is 1. The average molecular weight is 281 g/mol. The quantitative estimate of drug-likeness (QED) is 0.670. The topological polar surface area (TPSA) is 39.1 Å². The van der Waals surface area contributed by atoms with Crippen molar-refractivity contribution in [1.82, 2.24) is 15.1 Å². The summed E-state index contributed by atoms with van der Waals surface area (Å²) >= 11 is 0. The van der Waals surface area contributed by atoms with E-state index in [-0.39, 0.29) is 0 Å².